The fourth-order valence-corrected chi connectivity index (χ4v) is 1.92. The summed E-state index contributed by atoms with van der Waals surface area (Å²) in [5, 5.41) is 2.80. The molecule has 17 heavy (non-hydrogen) atoms. The lowest BCUT2D eigenvalue weighted by Crippen LogP contribution is -2.33. The lowest BCUT2D eigenvalue weighted by atomic mass is 10.1. The van der Waals surface area contributed by atoms with E-state index >= 15 is 0 Å². The van der Waals surface area contributed by atoms with Gasteiger partial charge in [-0.25, -0.2) is 0 Å². The summed E-state index contributed by atoms with van der Waals surface area (Å²) >= 11 is 5.59. The quantitative estimate of drug-likeness (QED) is 0.739. The monoisotopic (exact) mass is 261 g/mol. The normalized spacial score (nSPS) is 13.6. The molecule has 0 amide bonds. The highest BCUT2D eigenvalue weighted by atomic mass is 35.5. The minimum atomic E-state index is -2.82. The number of hydrogen-bond donors (Lipinski definition) is 1. The molecule has 0 aliphatic rings. The first-order chi connectivity index (χ1) is 8.06. The molecule has 0 bridgehead atoms. The largest absolute Gasteiger partial charge is 0.311 e. The number of rotatable bonds is 7. The van der Waals surface area contributed by atoms with Gasteiger partial charge in [-0.05, 0) is 18.9 Å². The van der Waals surface area contributed by atoms with Crippen molar-refractivity contribution < 1.29 is 8.78 Å². The lowest BCUT2D eigenvalue weighted by molar-refractivity contribution is -0.00368. The van der Waals surface area contributed by atoms with Gasteiger partial charge in [0.25, 0.3) is 5.92 Å². The van der Waals surface area contributed by atoms with Crippen LogP contribution in [0.5, 0.6) is 0 Å². The molecule has 1 aromatic rings. The smallest absolute Gasteiger partial charge is 0.285 e. The molecule has 0 saturated carbocycles. The van der Waals surface area contributed by atoms with Crippen molar-refractivity contribution in [2.24, 2.45) is 5.92 Å². The Bertz CT molecular complexity index is 316. The van der Waals surface area contributed by atoms with Crippen molar-refractivity contribution in [2.75, 3.05) is 19.0 Å². The first-order valence-corrected chi connectivity index (χ1v) is 6.29. The van der Waals surface area contributed by atoms with Crippen LogP contribution in [0.15, 0.2) is 30.3 Å². The van der Waals surface area contributed by atoms with E-state index in [1.807, 2.05) is 6.92 Å². The standard InChI is InChI=1S/C13H18ClF2N/c1-11(7-8-14)9-17-10-13(15,16)12-5-3-2-4-6-12/h2-6,11,17H,7-10H2,1H3. The molecule has 0 spiro atoms. The number of benzene rings is 1. The van der Waals surface area contributed by atoms with Gasteiger partial charge in [-0.1, -0.05) is 37.3 Å². The van der Waals surface area contributed by atoms with Gasteiger partial charge in [0.2, 0.25) is 0 Å². The summed E-state index contributed by atoms with van der Waals surface area (Å²) < 4.78 is 27.4. The van der Waals surface area contributed by atoms with Crippen LogP contribution in [-0.4, -0.2) is 19.0 Å². The molecule has 0 radical (unpaired) electrons. The van der Waals surface area contributed by atoms with Crippen molar-refractivity contribution in [2.45, 2.75) is 19.3 Å². The predicted octanol–water partition coefficient (Wildman–Crippen LogP) is 3.63. The highest BCUT2D eigenvalue weighted by molar-refractivity contribution is 6.17. The van der Waals surface area contributed by atoms with Crippen LogP contribution in [0.2, 0.25) is 0 Å². The first-order valence-electron chi connectivity index (χ1n) is 5.76. The average molecular weight is 262 g/mol. The zero-order chi connectivity index (χ0) is 12.7. The Balaban J connectivity index is 2.40. The lowest BCUT2D eigenvalue weighted by Gasteiger charge is -2.19. The van der Waals surface area contributed by atoms with E-state index in [0.29, 0.717) is 18.3 Å². The second-order valence-electron chi connectivity index (χ2n) is 4.28. The second kappa shape index (κ2) is 6.92. The molecular formula is C13H18ClF2N. The number of alkyl halides is 3. The van der Waals surface area contributed by atoms with Crippen molar-refractivity contribution in [3.8, 4) is 0 Å². The van der Waals surface area contributed by atoms with Crippen molar-refractivity contribution in [3.63, 3.8) is 0 Å². The molecule has 4 heteroatoms. The minimum Gasteiger partial charge on any atom is -0.311 e. The Morgan fingerprint density at radius 1 is 1.29 bits per heavy atom. The highest BCUT2D eigenvalue weighted by Crippen LogP contribution is 2.26. The zero-order valence-corrected chi connectivity index (χ0v) is 10.7. The maximum Gasteiger partial charge on any atom is 0.285 e. The first kappa shape index (κ1) is 14.4. The van der Waals surface area contributed by atoms with Crippen LogP contribution >= 0.6 is 11.6 Å². The van der Waals surface area contributed by atoms with Gasteiger partial charge in [0.05, 0.1) is 6.54 Å². The predicted molar refractivity (Wildman–Crippen MR) is 67.7 cm³/mol. The molecule has 1 N–H and O–H groups in total. The number of hydrogen-bond acceptors (Lipinski definition) is 1. The Kier molecular flexibility index (Phi) is 5.86. The van der Waals surface area contributed by atoms with Gasteiger partial charge in [-0.3, -0.25) is 0 Å². The van der Waals surface area contributed by atoms with E-state index in [2.05, 4.69) is 5.32 Å². The topological polar surface area (TPSA) is 12.0 Å². The fraction of sp³-hybridized carbons (Fsp3) is 0.538. The van der Waals surface area contributed by atoms with E-state index in [-0.39, 0.29) is 12.1 Å². The van der Waals surface area contributed by atoms with Crippen LogP contribution in [-0.2, 0) is 5.92 Å². The molecule has 1 rings (SSSR count). The third kappa shape index (κ3) is 5.00. The summed E-state index contributed by atoms with van der Waals surface area (Å²) in [6, 6.07) is 7.88. The number of halogens is 3. The van der Waals surface area contributed by atoms with E-state index in [0.717, 1.165) is 6.42 Å². The van der Waals surface area contributed by atoms with Gasteiger partial charge in [0.1, 0.15) is 0 Å². The van der Waals surface area contributed by atoms with Crippen molar-refractivity contribution in [3.05, 3.63) is 35.9 Å². The van der Waals surface area contributed by atoms with Gasteiger partial charge in [-0.15, -0.1) is 11.6 Å². The van der Waals surface area contributed by atoms with E-state index in [4.69, 9.17) is 11.6 Å². The van der Waals surface area contributed by atoms with E-state index < -0.39 is 5.92 Å². The second-order valence-corrected chi connectivity index (χ2v) is 4.66. The molecule has 0 aliphatic carbocycles. The Labute approximate surface area is 106 Å². The van der Waals surface area contributed by atoms with Crippen LogP contribution in [0.25, 0.3) is 0 Å². The molecule has 1 nitrogen and oxygen atoms in total. The van der Waals surface area contributed by atoms with Gasteiger partial charge in [0, 0.05) is 11.4 Å². The molecule has 0 fully saturated rings. The Morgan fingerprint density at radius 2 is 1.94 bits per heavy atom. The SMILES string of the molecule is CC(CCCl)CNCC(F)(F)c1ccccc1. The third-order valence-electron chi connectivity index (χ3n) is 2.64. The van der Waals surface area contributed by atoms with E-state index in [1.54, 1.807) is 18.2 Å². The average Bonchev–Trinajstić information content (AvgIpc) is 2.30. The molecule has 96 valence electrons. The summed E-state index contributed by atoms with van der Waals surface area (Å²) in [7, 11) is 0. The molecule has 1 atom stereocenters. The molecular weight excluding hydrogens is 244 g/mol. The zero-order valence-electron chi connectivity index (χ0n) is 9.93. The van der Waals surface area contributed by atoms with Crippen LogP contribution in [0, 0.1) is 5.92 Å². The van der Waals surface area contributed by atoms with Crippen LogP contribution in [0.4, 0.5) is 8.78 Å². The Morgan fingerprint density at radius 3 is 2.53 bits per heavy atom. The van der Waals surface area contributed by atoms with Crippen molar-refractivity contribution in [1.82, 2.24) is 5.32 Å². The Hall–Kier alpha value is -0.670. The molecule has 1 unspecified atom stereocenters. The molecule has 0 aliphatic heterocycles. The summed E-state index contributed by atoms with van der Waals surface area (Å²) in [5.74, 6) is -1.93. The van der Waals surface area contributed by atoms with Crippen LogP contribution < -0.4 is 5.32 Å². The van der Waals surface area contributed by atoms with Gasteiger partial charge < -0.3 is 5.32 Å². The maximum absolute atomic E-state index is 13.7. The highest BCUT2D eigenvalue weighted by Gasteiger charge is 2.30. The molecule has 0 heterocycles. The van der Waals surface area contributed by atoms with E-state index in [1.165, 1.54) is 12.1 Å². The van der Waals surface area contributed by atoms with Crippen LogP contribution in [0.1, 0.15) is 18.9 Å². The summed E-state index contributed by atoms with van der Waals surface area (Å²) in [4.78, 5) is 0. The van der Waals surface area contributed by atoms with Crippen molar-refractivity contribution in [1.29, 1.82) is 0 Å². The minimum absolute atomic E-state index is 0.0532. The van der Waals surface area contributed by atoms with Gasteiger partial charge in [0.15, 0.2) is 0 Å². The maximum atomic E-state index is 13.7. The van der Waals surface area contributed by atoms with Gasteiger partial charge in [-0.2, -0.15) is 8.78 Å². The summed E-state index contributed by atoms with van der Waals surface area (Å²) in [5.41, 5.74) is 0.0532. The molecule has 1 aromatic carbocycles. The van der Waals surface area contributed by atoms with Crippen LogP contribution in [0.3, 0.4) is 0 Å². The molecule has 0 aromatic heterocycles. The van der Waals surface area contributed by atoms with Crippen molar-refractivity contribution >= 4 is 11.6 Å². The summed E-state index contributed by atoms with van der Waals surface area (Å²) in [6.45, 7) is 2.23. The summed E-state index contributed by atoms with van der Waals surface area (Å²) in [6.07, 6.45) is 0.839. The number of nitrogens with one attached hydrogen (secondary N) is 1. The fourth-order valence-electron chi connectivity index (χ4n) is 1.55. The third-order valence-corrected chi connectivity index (χ3v) is 2.86. The molecule has 0 saturated heterocycles. The van der Waals surface area contributed by atoms with E-state index in [9.17, 15) is 8.78 Å². The van der Waals surface area contributed by atoms with Gasteiger partial charge >= 0.3 is 0 Å².